The van der Waals surface area contributed by atoms with Gasteiger partial charge in [0.25, 0.3) is 0 Å². The molecule has 2 aliphatic rings. The fourth-order valence-corrected chi connectivity index (χ4v) is 6.08. The zero-order valence-electron chi connectivity index (χ0n) is 20.8. The minimum Gasteiger partial charge on any atom is -0.496 e. The van der Waals surface area contributed by atoms with Crippen LogP contribution in [0.1, 0.15) is 67.5 Å². The van der Waals surface area contributed by atoms with Crippen LogP contribution in [0.5, 0.6) is 5.75 Å². The van der Waals surface area contributed by atoms with Gasteiger partial charge in [-0.05, 0) is 50.7 Å². The highest BCUT2D eigenvalue weighted by atomic mass is 35.5. The van der Waals surface area contributed by atoms with E-state index in [-0.39, 0.29) is 6.04 Å². The number of nitrogen functional groups attached to an aromatic ring is 1. The van der Waals surface area contributed by atoms with Crippen LogP contribution in [0.25, 0.3) is 11.0 Å². The Labute approximate surface area is 206 Å². The number of rotatable bonds is 8. The number of likely N-dealkylation sites (tertiary alicyclic amines) is 1. The van der Waals surface area contributed by atoms with Crippen LogP contribution in [-0.2, 0) is 0 Å². The predicted octanol–water partition coefficient (Wildman–Crippen LogP) is 5.13. The molecule has 3 atom stereocenters. The quantitative estimate of drug-likeness (QED) is 0.479. The number of fused-ring (bicyclic) bond motifs is 1. The van der Waals surface area contributed by atoms with Crippen molar-refractivity contribution >= 4 is 28.5 Å². The van der Waals surface area contributed by atoms with Crippen LogP contribution in [0.15, 0.2) is 12.4 Å². The molecule has 2 fully saturated rings. The maximum absolute atomic E-state index is 6.79. The second kappa shape index (κ2) is 9.00. The molecule has 2 N–H and O–H groups in total. The number of aryl methyl sites for hydroxylation is 1. The molecule has 8 heteroatoms. The van der Waals surface area contributed by atoms with Crippen LogP contribution in [0.3, 0.4) is 0 Å². The van der Waals surface area contributed by atoms with E-state index in [0.29, 0.717) is 11.7 Å². The van der Waals surface area contributed by atoms with Gasteiger partial charge < -0.3 is 15.4 Å². The molecule has 1 saturated carbocycles. The van der Waals surface area contributed by atoms with Gasteiger partial charge in [0.2, 0.25) is 0 Å². The molecule has 1 aliphatic heterocycles. The summed E-state index contributed by atoms with van der Waals surface area (Å²) in [4.78, 5) is 11.2. The molecule has 0 spiro atoms. The van der Waals surface area contributed by atoms with Crippen LogP contribution in [0.4, 0.5) is 5.82 Å². The van der Waals surface area contributed by atoms with Gasteiger partial charge in [-0.15, -0.1) is 0 Å². The molecular weight excluding hydrogens is 448 g/mol. The summed E-state index contributed by atoms with van der Waals surface area (Å²) in [7, 11) is 1.75. The van der Waals surface area contributed by atoms with Crippen LogP contribution < -0.4 is 10.5 Å². The molecule has 182 valence electrons. The normalized spacial score (nSPS) is 21.6. The number of methoxy groups -OCH3 is 1. The van der Waals surface area contributed by atoms with E-state index in [1.165, 1.54) is 37.7 Å². The number of benzene rings is 1. The molecule has 2 aromatic heterocycles. The van der Waals surface area contributed by atoms with Crippen LogP contribution in [-0.4, -0.2) is 51.4 Å². The molecule has 1 saturated heterocycles. The molecule has 34 heavy (non-hydrogen) atoms. The highest BCUT2D eigenvalue weighted by molar-refractivity contribution is 6.31. The maximum Gasteiger partial charge on any atom is 0.164 e. The van der Waals surface area contributed by atoms with Crippen molar-refractivity contribution in [1.29, 1.82) is 0 Å². The third-order valence-electron chi connectivity index (χ3n) is 7.85. The first-order valence-corrected chi connectivity index (χ1v) is 12.8. The number of aromatic nitrogens is 4. The fraction of sp³-hybridized carbons (Fsp3) is 0.577. The Morgan fingerprint density at radius 1 is 1.24 bits per heavy atom. The first-order valence-electron chi connectivity index (χ1n) is 12.4. The number of nitrogens with two attached hydrogens (primary N) is 1. The van der Waals surface area contributed by atoms with E-state index in [9.17, 15) is 0 Å². The van der Waals surface area contributed by atoms with E-state index in [1.54, 1.807) is 7.11 Å². The molecule has 0 bridgehead atoms. The lowest BCUT2D eigenvalue weighted by Crippen LogP contribution is -2.46. The lowest BCUT2D eigenvalue weighted by molar-refractivity contribution is 0.136. The zero-order chi connectivity index (χ0) is 24.1. The highest BCUT2D eigenvalue weighted by Crippen LogP contribution is 2.47. The number of halogens is 1. The van der Waals surface area contributed by atoms with Gasteiger partial charge in [-0.2, -0.15) is 5.10 Å². The van der Waals surface area contributed by atoms with Gasteiger partial charge in [0.1, 0.15) is 17.9 Å². The maximum atomic E-state index is 6.79. The molecule has 3 heterocycles. The molecule has 1 aliphatic carbocycles. The van der Waals surface area contributed by atoms with Gasteiger partial charge in [-0.3, -0.25) is 0 Å². The Morgan fingerprint density at radius 2 is 2.00 bits per heavy atom. The Morgan fingerprint density at radius 3 is 2.71 bits per heavy atom. The highest BCUT2D eigenvalue weighted by Gasteiger charge is 2.41. The minimum absolute atomic E-state index is 0.130. The number of nitrogens with zero attached hydrogens (tertiary/aromatic N) is 5. The number of hydrogen-bond donors (Lipinski definition) is 1. The summed E-state index contributed by atoms with van der Waals surface area (Å²) in [6, 6.07) is 1.89. The Bertz CT molecular complexity index is 1220. The lowest BCUT2D eigenvalue weighted by Gasteiger charge is -2.41. The molecule has 5 rings (SSSR count). The summed E-state index contributed by atoms with van der Waals surface area (Å²) in [5, 5.41) is 6.33. The van der Waals surface area contributed by atoms with Crippen molar-refractivity contribution in [2.75, 3.05) is 32.5 Å². The summed E-state index contributed by atoms with van der Waals surface area (Å²) < 4.78 is 7.96. The van der Waals surface area contributed by atoms with Gasteiger partial charge in [-0.1, -0.05) is 31.4 Å². The summed E-state index contributed by atoms with van der Waals surface area (Å²) in [6.45, 7) is 11.8. The van der Waals surface area contributed by atoms with E-state index in [2.05, 4.69) is 35.6 Å². The third kappa shape index (κ3) is 3.93. The van der Waals surface area contributed by atoms with Gasteiger partial charge in [0.05, 0.1) is 24.2 Å². The Kier molecular flexibility index (Phi) is 6.19. The largest absolute Gasteiger partial charge is 0.496 e. The monoisotopic (exact) mass is 482 g/mol. The smallest absolute Gasteiger partial charge is 0.164 e. The summed E-state index contributed by atoms with van der Waals surface area (Å²) in [5.74, 6) is 3.63. The Hall–Kier alpha value is -2.38. The molecular formula is C26H35ClN6O. The average Bonchev–Trinajstić information content (AvgIpc) is 3.43. The van der Waals surface area contributed by atoms with E-state index in [0.717, 1.165) is 63.6 Å². The first-order chi connectivity index (χ1) is 16.3. The molecule has 3 unspecified atom stereocenters. The van der Waals surface area contributed by atoms with Crippen LogP contribution in [0.2, 0.25) is 5.02 Å². The van der Waals surface area contributed by atoms with Crippen LogP contribution in [0, 0.1) is 25.7 Å². The molecule has 0 radical (unpaired) electrons. The predicted molar refractivity (Wildman–Crippen MR) is 137 cm³/mol. The van der Waals surface area contributed by atoms with E-state index in [1.807, 2.05) is 17.7 Å². The van der Waals surface area contributed by atoms with E-state index >= 15 is 0 Å². The number of ether oxygens (including phenoxy) is 1. The van der Waals surface area contributed by atoms with Crippen molar-refractivity contribution in [3.63, 3.8) is 0 Å². The lowest BCUT2D eigenvalue weighted by atomic mass is 9.85. The summed E-state index contributed by atoms with van der Waals surface area (Å²) >= 11 is 6.79. The van der Waals surface area contributed by atoms with Gasteiger partial charge in [-0.25, -0.2) is 14.6 Å². The second-order valence-corrected chi connectivity index (χ2v) is 10.6. The zero-order valence-corrected chi connectivity index (χ0v) is 21.6. The van der Waals surface area contributed by atoms with Crippen molar-refractivity contribution < 1.29 is 4.74 Å². The summed E-state index contributed by atoms with van der Waals surface area (Å²) in [5.41, 5.74) is 11.0. The number of anilines is 1. The SMILES string of the molecule is CCCC1CC1CN1CC(c2c(C)c(Cl)cc(C(C)n3nc(C)c4c(N)ncnc43)c2OC)C1. The van der Waals surface area contributed by atoms with E-state index in [4.69, 9.17) is 27.2 Å². The topological polar surface area (TPSA) is 82.1 Å². The third-order valence-corrected chi connectivity index (χ3v) is 8.24. The van der Waals surface area contributed by atoms with Crippen molar-refractivity contribution in [3.05, 3.63) is 39.8 Å². The average molecular weight is 483 g/mol. The van der Waals surface area contributed by atoms with Gasteiger partial charge in [0.15, 0.2) is 5.65 Å². The van der Waals surface area contributed by atoms with Crippen molar-refractivity contribution in [2.24, 2.45) is 11.8 Å². The number of hydrogen-bond acceptors (Lipinski definition) is 6. The fourth-order valence-electron chi connectivity index (χ4n) is 5.86. The molecule has 1 aromatic carbocycles. The minimum atomic E-state index is -0.130. The standard InChI is InChI=1S/C26H35ClN6O/c1-6-7-17-8-18(17)10-32-11-19(12-32)22-14(2)21(27)9-20(24(22)34-5)16(4)33-26-23(15(3)31-33)25(28)29-13-30-26/h9,13,16-19H,6-8,10-12H2,1-5H3,(H2,28,29,30). The molecule has 3 aromatic rings. The van der Waals surface area contributed by atoms with Crippen molar-refractivity contribution in [2.45, 2.75) is 58.9 Å². The molecule has 7 nitrogen and oxygen atoms in total. The van der Waals surface area contributed by atoms with Crippen molar-refractivity contribution in [1.82, 2.24) is 24.6 Å². The first kappa shape index (κ1) is 23.4. The second-order valence-electron chi connectivity index (χ2n) is 10.1. The van der Waals surface area contributed by atoms with Crippen molar-refractivity contribution in [3.8, 4) is 5.75 Å². The molecule has 0 amide bonds. The summed E-state index contributed by atoms with van der Waals surface area (Å²) in [6.07, 6.45) is 5.57. The Balaban J connectivity index is 1.44. The van der Waals surface area contributed by atoms with Gasteiger partial charge >= 0.3 is 0 Å². The van der Waals surface area contributed by atoms with E-state index < -0.39 is 0 Å². The van der Waals surface area contributed by atoms with Crippen LogP contribution >= 0.6 is 11.6 Å². The van der Waals surface area contributed by atoms with Gasteiger partial charge in [0, 0.05) is 41.7 Å².